The Kier molecular flexibility index (Phi) is 7.84. The summed E-state index contributed by atoms with van der Waals surface area (Å²) in [5.74, 6) is -1.65. The average molecular weight is 480 g/mol. The van der Waals surface area contributed by atoms with Crippen LogP contribution >= 0.6 is 11.6 Å². The van der Waals surface area contributed by atoms with Crippen LogP contribution in [0.25, 0.3) is 0 Å². The minimum absolute atomic E-state index is 0.0130. The van der Waals surface area contributed by atoms with Gasteiger partial charge in [0.15, 0.2) is 6.61 Å². The summed E-state index contributed by atoms with van der Waals surface area (Å²) in [5.41, 5.74) is 0.623. The highest BCUT2D eigenvalue weighted by molar-refractivity contribution is 7.89. The van der Waals surface area contributed by atoms with Crippen molar-refractivity contribution in [2.24, 2.45) is 0 Å². The van der Waals surface area contributed by atoms with E-state index >= 15 is 0 Å². The number of esters is 1. The van der Waals surface area contributed by atoms with E-state index in [-0.39, 0.29) is 29.8 Å². The largest absolute Gasteiger partial charge is 0.456 e. The van der Waals surface area contributed by atoms with Crippen molar-refractivity contribution in [3.63, 3.8) is 0 Å². The van der Waals surface area contributed by atoms with Crippen molar-refractivity contribution < 1.29 is 27.5 Å². The molecule has 170 valence electrons. The van der Waals surface area contributed by atoms with Gasteiger partial charge in [-0.2, -0.15) is 0 Å². The molecule has 11 heteroatoms. The molecule has 9 nitrogen and oxygen atoms in total. The number of carbonyl (C=O) groups excluding carboxylic acids is 3. The van der Waals surface area contributed by atoms with Crippen LogP contribution < -0.4 is 15.4 Å². The average Bonchev–Trinajstić information content (AvgIpc) is 3.57. The van der Waals surface area contributed by atoms with Crippen molar-refractivity contribution in [1.29, 1.82) is 0 Å². The molecule has 3 rings (SSSR count). The van der Waals surface area contributed by atoms with Crippen LogP contribution in [0.2, 0.25) is 5.02 Å². The molecule has 0 aliphatic heterocycles. The van der Waals surface area contributed by atoms with Crippen molar-refractivity contribution >= 4 is 45.1 Å². The van der Waals surface area contributed by atoms with Crippen molar-refractivity contribution in [3.8, 4) is 0 Å². The number of carbonyl (C=O) groups is 3. The molecule has 1 aliphatic rings. The van der Waals surface area contributed by atoms with Gasteiger partial charge in [0.1, 0.15) is 0 Å². The lowest BCUT2D eigenvalue weighted by atomic mass is 10.1. The number of ether oxygens (including phenoxy) is 1. The fourth-order valence-electron chi connectivity index (χ4n) is 2.67. The fourth-order valence-corrected chi connectivity index (χ4v) is 3.83. The maximum Gasteiger partial charge on any atom is 0.307 e. The van der Waals surface area contributed by atoms with E-state index in [4.69, 9.17) is 16.3 Å². The summed E-state index contributed by atoms with van der Waals surface area (Å²) in [6.07, 6.45) is 1.61. The number of hydrogen-bond acceptors (Lipinski definition) is 6. The summed E-state index contributed by atoms with van der Waals surface area (Å²) in [5, 5.41) is 5.79. The first-order chi connectivity index (χ1) is 15.2. The Bertz CT molecular complexity index is 1100. The second-order valence-corrected chi connectivity index (χ2v) is 9.31. The number of rotatable bonds is 10. The molecule has 1 fully saturated rings. The second kappa shape index (κ2) is 10.6. The van der Waals surface area contributed by atoms with Gasteiger partial charge in [-0.3, -0.25) is 14.4 Å². The number of anilines is 1. The number of para-hydroxylation sites is 1. The van der Waals surface area contributed by atoms with E-state index in [2.05, 4.69) is 15.4 Å². The lowest BCUT2D eigenvalue weighted by Crippen LogP contribution is -2.29. The van der Waals surface area contributed by atoms with Gasteiger partial charge >= 0.3 is 5.97 Å². The Morgan fingerprint density at radius 3 is 2.41 bits per heavy atom. The van der Waals surface area contributed by atoms with Crippen LogP contribution in [0, 0.1) is 0 Å². The topological polar surface area (TPSA) is 131 Å². The standard InChI is InChI=1S/C21H22ClN3O6S/c22-14-5-9-16(10-6-14)32(29,30)23-12-11-20(27)31-13-19(26)25-18-4-2-1-3-17(18)21(28)24-15-7-8-15/h1-6,9-10,15,23H,7-8,11-13H2,(H,24,28)(H,25,26). The maximum absolute atomic E-state index is 12.3. The smallest absolute Gasteiger partial charge is 0.307 e. The van der Waals surface area contributed by atoms with Gasteiger partial charge in [-0.25, -0.2) is 13.1 Å². The van der Waals surface area contributed by atoms with Gasteiger partial charge in [-0.1, -0.05) is 23.7 Å². The molecule has 32 heavy (non-hydrogen) atoms. The Hall–Kier alpha value is -2.95. The maximum atomic E-state index is 12.3. The van der Waals surface area contributed by atoms with E-state index in [0.717, 1.165) is 12.8 Å². The highest BCUT2D eigenvalue weighted by atomic mass is 35.5. The van der Waals surface area contributed by atoms with Crippen LogP contribution in [0.1, 0.15) is 29.6 Å². The van der Waals surface area contributed by atoms with E-state index in [1.165, 1.54) is 24.3 Å². The van der Waals surface area contributed by atoms with E-state index < -0.39 is 28.5 Å². The van der Waals surface area contributed by atoms with E-state index in [1.807, 2.05) is 0 Å². The Morgan fingerprint density at radius 1 is 1.03 bits per heavy atom. The molecule has 2 aromatic carbocycles. The predicted octanol–water partition coefficient (Wildman–Crippen LogP) is 2.08. The number of benzene rings is 2. The molecule has 3 N–H and O–H groups in total. The highest BCUT2D eigenvalue weighted by Crippen LogP contribution is 2.21. The van der Waals surface area contributed by atoms with Gasteiger partial charge in [0.05, 0.1) is 22.6 Å². The first-order valence-corrected chi connectivity index (χ1v) is 11.7. The quantitative estimate of drug-likeness (QED) is 0.447. The minimum atomic E-state index is -3.80. The normalized spacial score (nSPS) is 13.3. The summed E-state index contributed by atoms with van der Waals surface area (Å²) in [7, 11) is -3.80. The lowest BCUT2D eigenvalue weighted by molar-refractivity contribution is -0.147. The molecule has 0 heterocycles. The molecule has 0 radical (unpaired) electrons. The molecule has 0 atom stereocenters. The zero-order valence-electron chi connectivity index (χ0n) is 17.0. The minimum Gasteiger partial charge on any atom is -0.456 e. The number of nitrogens with one attached hydrogen (secondary N) is 3. The molecule has 2 amide bonds. The number of sulfonamides is 1. The summed E-state index contributed by atoms with van der Waals surface area (Å²) < 4.78 is 31.5. The summed E-state index contributed by atoms with van der Waals surface area (Å²) in [4.78, 5) is 36.3. The zero-order valence-corrected chi connectivity index (χ0v) is 18.5. The van der Waals surface area contributed by atoms with Gasteiger partial charge in [-0.15, -0.1) is 0 Å². The van der Waals surface area contributed by atoms with Crippen LogP contribution in [0.15, 0.2) is 53.4 Å². The van der Waals surface area contributed by atoms with Crippen LogP contribution in [0.4, 0.5) is 5.69 Å². The summed E-state index contributed by atoms with van der Waals surface area (Å²) in [6, 6.07) is 12.3. The highest BCUT2D eigenvalue weighted by Gasteiger charge is 2.25. The van der Waals surface area contributed by atoms with E-state index in [1.54, 1.807) is 24.3 Å². The van der Waals surface area contributed by atoms with Crippen molar-refractivity contribution in [2.45, 2.75) is 30.2 Å². The van der Waals surface area contributed by atoms with Gasteiger partial charge in [0, 0.05) is 17.6 Å². The van der Waals surface area contributed by atoms with E-state index in [0.29, 0.717) is 16.3 Å². The van der Waals surface area contributed by atoms with Crippen LogP contribution in [0.5, 0.6) is 0 Å². The van der Waals surface area contributed by atoms with Crippen molar-refractivity contribution in [3.05, 3.63) is 59.1 Å². The Balaban J connectivity index is 1.43. The predicted molar refractivity (Wildman–Crippen MR) is 118 cm³/mol. The van der Waals surface area contributed by atoms with Gasteiger partial charge in [-0.05, 0) is 49.2 Å². The summed E-state index contributed by atoms with van der Waals surface area (Å²) in [6.45, 7) is -0.767. The van der Waals surface area contributed by atoms with Crippen LogP contribution in [0.3, 0.4) is 0 Å². The fraction of sp³-hybridized carbons (Fsp3) is 0.286. The third-order valence-corrected chi connectivity index (χ3v) is 6.20. The molecule has 0 unspecified atom stereocenters. The SMILES string of the molecule is O=C(COC(=O)CCNS(=O)(=O)c1ccc(Cl)cc1)Nc1ccccc1C(=O)NC1CC1. The zero-order chi connectivity index (χ0) is 23.1. The Labute approximate surface area is 190 Å². The van der Waals surface area contributed by atoms with Gasteiger partial charge in [0.25, 0.3) is 11.8 Å². The summed E-state index contributed by atoms with van der Waals surface area (Å²) >= 11 is 5.74. The molecule has 1 saturated carbocycles. The second-order valence-electron chi connectivity index (χ2n) is 7.10. The van der Waals surface area contributed by atoms with Crippen molar-refractivity contribution in [1.82, 2.24) is 10.0 Å². The molecule has 0 saturated heterocycles. The van der Waals surface area contributed by atoms with Crippen LogP contribution in [-0.2, 0) is 24.3 Å². The monoisotopic (exact) mass is 479 g/mol. The van der Waals surface area contributed by atoms with Crippen LogP contribution in [-0.4, -0.2) is 45.4 Å². The number of hydrogen-bond donors (Lipinski definition) is 3. The number of halogens is 1. The Morgan fingerprint density at radius 2 is 1.72 bits per heavy atom. The molecule has 0 aromatic heterocycles. The van der Waals surface area contributed by atoms with Gasteiger partial charge < -0.3 is 15.4 Å². The van der Waals surface area contributed by atoms with E-state index in [9.17, 15) is 22.8 Å². The molecule has 1 aliphatic carbocycles. The lowest BCUT2D eigenvalue weighted by Gasteiger charge is -2.11. The van der Waals surface area contributed by atoms with Gasteiger partial charge in [0.2, 0.25) is 10.0 Å². The molecular formula is C21H22ClN3O6S. The number of amides is 2. The molecule has 2 aromatic rings. The first kappa shape index (κ1) is 23.7. The molecule has 0 spiro atoms. The van der Waals surface area contributed by atoms with Crippen molar-refractivity contribution in [2.75, 3.05) is 18.5 Å². The third kappa shape index (κ3) is 7.04. The third-order valence-electron chi connectivity index (χ3n) is 4.47. The molecular weight excluding hydrogens is 458 g/mol. The first-order valence-electron chi connectivity index (χ1n) is 9.85. The molecule has 0 bridgehead atoms.